The smallest absolute Gasteiger partial charge is 0.241 e. The Morgan fingerprint density at radius 1 is 1.35 bits per heavy atom. The van der Waals surface area contributed by atoms with Crippen molar-refractivity contribution in [2.75, 3.05) is 0 Å². The van der Waals surface area contributed by atoms with Crippen LogP contribution in [0, 0.1) is 11.3 Å². The van der Waals surface area contributed by atoms with Crippen LogP contribution in [0.1, 0.15) is 64.2 Å². The van der Waals surface area contributed by atoms with Crippen LogP contribution >= 0.6 is 0 Å². The summed E-state index contributed by atoms with van der Waals surface area (Å²) in [5, 5.41) is 16.6. The summed E-state index contributed by atoms with van der Waals surface area (Å²) in [5.41, 5.74) is 0.445. The molecule has 0 spiro atoms. The monoisotopic (exact) mass is 238 g/mol. The topological polar surface area (TPSA) is 59.2 Å². The summed E-state index contributed by atoms with van der Waals surface area (Å²) >= 11 is 0. The summed E-state index contributed by atoms with van der Waals surface area (Å²) in [6.45, 7) is 6.75. The molecule has 0 unspecified atom stereocenters. The Hall–Kier alpha value is -0.900. The summed E-state index contributed by atoms with van der Waals surface area (Å²) in [7, 11) is 0. The third kappa shape index (κ3) is 2.86. The van der Waals surface area contributed by atoms with E-state index >= 15 is 0 Å². The zero-order chi connectivity index (χ0) is 12.5. The first-order valence-corrected chi connectivity index (χ1v) is 6.47. The molecule has 0 atom stereocenters. The molecule has 0 bridgehead atoms. The molecule has 0 saturated heterocycles. The van der Waals surface area contributed by atoms with E-state index in [2.05, 4.69) is 31.0 Å². The van der Waals surface area contributed by atoms with Gasteiger partial charge in [-0.15, -0.1) is 10.2 Å². The highest BCUT2D eigenvalue weighted by Crippen LogP contribution is 2.46. The molecule has 0 aliphatic heterocycles. The molecule has 1 aromatic rings. The maximum atomic E-state index is 8.86. The van der Waals surface area contributed by atoms with Gasteiger partial charge in [-0.1, -0.05) is 27.2 Å². The largest absolute Gasteiger partial charge is 0.422 e. The van der Waals surface area contributed by atoms with E-state index in [9.17, 15) is 0 Å². The number of aliphatic hydroxyl groups is 1. The fraction of sp³-hybridized carbons (Fsp3) is 0.846. The van der Waals surface area contributed by atoms with Crippen LogP contribution in [-0.2, 0) is 6.61 Å². The van der Waals surface area contributed by atoms with E-state index in [0.29, 0.717) is 23.1 Å². The average molecular weight is 238 g/mol. The molecule has 1 fully saturated rings. The standard InChI is InChI=1S/C13H22N2O2/c1-4-13(2,3)7-9-5-10(6-9)12-15-14-11(8-16)17-12/h9-10,16H,4-8H2,1-3H3/t9-,10+. The molecule has 1 aliphatic carbocycles. The summed E-state index contributed by atoms with van der Waals surface area (Å²) in [6, 6.07) is 0. The highest BCUT2D eigenvalue weighted by molar-refractivity contribution is 5.00. The number of hydrogen-bond donors (Lipinski definition) is 1. The highest BCUT2D eigenvalue weighted by Gasteiger charge is 2.36. The van der Waals surface area contributed by atoms with Crippen LogP contribution in [0.3, 0.4) is 0 Å². The van der Waals surface area contributed by atoms with Gasteiger partial charge in [-0.3, -0.25) is 0 Å². The number of aliphatic hydroxyl groups excluding tert-OH is 1. The van der Waals surface area contributed by atoms with Crippen molar-refractivity contribution in [3.05, 3.63) is 11.8 Å². The van der Waals surface area contributed by atoms with E-state index in [1.165, 1.54) is 12.8 Å². The van der Waals surface area contributed by atoms with Crippen LogP contribution in [0.25, 0.3) is 0 Å². The molecular weight excluding hydrogens is 216 g/mol. The van der Waals surface area contributed by atoms with E-state index in [1.807, 2.05) is 0 Å². The Bertz CT molecular complexity index is 367. The predicted molar refractivity (Wildman–Crippen MR) is 64.4 cm³/mol. The van der Waals surface area contributed by atoms with Crippen molar-refractivity contribution in [2.45, 2.75) is 59.0 Å². The quantitative estimate of drug-likeness (QED) is 0.857. The molecule has 1 N–H and O–H groups in total. The van der Waals surface area contributed by atoms with Gasteiger partial charge in [-0.25, -0.2) is 0 Å². The van der Waals surface area contributed by atoms with Gasteiger partial charge in [0.05, 0.1) is 0 Å². The Kier molecular flexibility index (Phi) is 3.52. The van der Waals surface area contributed by atoms with Crippen molar-refractivity contribution in [1.29, 1.82) is 0 Å². The lowest BCUT2D eigenvalue weighted by atomic mass is 9.67. The van der Waals surface area contributed by atoms with Crippen LogP contribution in [0.5, 0.6) is 0 Å². The van der Waals surface area contributed by atoms with E-state index in [-0.39, 0.29) is 6.61 Å². The summed E-state index contributed by atoms with van der Waals surface area (Å²) in [5.74, 6) is 2.25. The van der Waals surface area contributed by atoms with Crippen LogP contribution in [0.2, 0.25) is 0 Å². The zero-order valence-corrected chi connectivity index (χ0v) is 10.9. The molecule has 1 aliphatic rings. The lowest BCUT2D eigenvalue weighted by Gasteiger charge is -2.38. The van der Waals surface area contributed by atoms with Crippen molar-refractivity contribution in [2.24, 2.45) is 11.3 Å². The number of rotatable bonds is 5. The minimum Gasteiger partial charge on any atom is -0.422 e. The number of nitrogens with zero attached hydrogens (tertiary/aromatic N) is 2. The Balaban J connectivity index is 1.82. The fourth-order valence-corrected chi connectivity index (χ4v) is 2.53. The molecule has 0 amide bonds. The third-order valence-electron chi connectivity index (χ3n) is 4.00. The van der Waals surface area contributed by atoms with Crippen molar-refractivity contribution in [3.8, 4) is 0 Å². The Morgan fingerprint density at radius 3 is 2.59 bits per heavy atom. The molecule has 1 saturated carbocycles. The molecule has 17 heavy (non-hydrogen) atoms. The lowest BCUT2D eigenvalue weighted by molar-refractivity contribution is 0.145. The third-order valence-corrected chi connectivity index (χ3v) is 4.00. The highest BCUT2D eigenvalue weighted by atomic mass is 16.4. The first-order valence-electron chi connectivity index (χ1n) is 6.47. The first kappa shape index (κ1) is 12.6. The number of hydrogen-bond acceptors (Lipinski definition) is 4. The minimum atomic E-state index is -0.161. The van der Waals surface area contributed by atoms with Gasteiger partial charge in [0.25, 0.3) is 0 Å². The van der Waals surface area contributed by atoms with Crippen LogP contribution in [0.4, 0.5) is 0 Å². The van der Waals surface area contributed by atoms with Crippen molar-refractivity contribution in [3.63, 3.8) is 0 Å². The van der Waals surface area contributed by atoms with Gasteiger partial charge in [0.1, 0.15) is 6.61 Å². The van der Waals surface area contributed by atoms with Gasteiger partial charge in [-0.05, 0) is 30.6 Å². The van der Waals surface area contributed by atoms with Crippen LogP contribution in [-0.4, -0.2) is 15.3 Å². The first-order chi connectivity index (χ1) is 8.04. The maximum Gasteiger partial charge on any atom is 0.241 e. The van der Waals surface area contributed by atoms with Crippen LogP contribution < -0.4 is 0 Å². The molecule has 4 heteroatoms. The van der Waals surface area contributed by atoms with Gasteiger partial charge in [-0.2, -0.15) is 0 Å². The van der Waals surface area contributed by atoms with E-state index in [1.54, 1.807) is 0 Å². The molecule has 0 aromatic carbocycles. The van der Waals surface area contributed by atoms with Gasteiger partial charge < -0.3 is 9.52 Å². The van der Waals surface area contributed by atoms with Crippen molar-refractivity contribution >= 4 is 0 Å². The summed E-state index contributed by atoms with van der Waals surface area (Å²) < 4.78 is 5.37. The molecule has 1 heterocycles. The number of aromatic nitrogens is 2. The van der Waals surface area contributed by atoms with Gasteiger partial charge in [0.15, 0.2) is 0 Å². The van der Waals surface area contributed by atoms with E-state index < -0.39 is 0 Å². The lowest BCUT2D eigenvalue weighted by Crippen LogP contribution is -2.27. The van der Waals surface area contributed by atoms with Crippen molar-refractivity contribution in [1.82, 2.24) is 10.2 Å². The van der Waals surface area contributed by atoms with Crippen LogP contribution in [0.15, 0.2) is 4.42 Å². The second-order valence-corrected chi connectivity index (χ2v) is 5.95. The Labute approximate surface area is 102 Å². The molecule has 2 rings (SSSR count). The molecule has 96 valence electrons. The predicted octanol–water partition coefficient (Wildman–Crippen LogP) is 2.88. The van der Waals surface area contributed by atoms with Gasteiger partial charge >= 0.3 is 0 Å². The molecule has 1 aromatic heterocycles. The molecule has 4 nitrogen and oxygen atoms in total. The molecular formula is C13H22N2O2. The fourth-order valence-electron chi connectivity index (χ4n) is 2.53. The summed E-state index contributed by atoms with van der Waals surface area (Å²) in [4.78, 5) is 0. The zero-order valence-electron chi connectivity index (χ0n) is 10.9. The van der Waals surface area contributed by atoms with E-state index in [0.717, 1.165) is 18.8 Å². The normalized spacial score (nSPS) is 24.7. The molecule has 0 radical (unpaired) electrons. The SMILES string of the molecule is CCC(C)(C)C[C@H]1C[C@@H](c2nnc(CO)o2)C1. The minimum absolute atomic E-state index is 0.161. The average Bonchev–Trinajstić information content (AvgIpc) is 2.71. The second kappa shape index (κ2) is 4.77. The van der Waals surface area contributed by atoms with E-state index in [4.69, 9.17) is 9.52 Å². The Morgan fingerprint density at radius 2 is 2.06 bits per heavy atom. The maximum absolute atomic E-state index is 8.86. The summed E-state index contributed by atoms with van der Waals surface area (Å²) in [6.07, 6.45) is 4.80. The second-order valence-electron chi connectivity index (χ2n) is 5.95. The van der Waals surface area contributed by atoms with Crippen molar-refractivity contribution < 1.29 is 9.52 Å². The van der Waals surface area contributed by atoms with Gasteiger partial charge in [0.2, 0.25) is 11.8 Å². The van der Waals surface area contributed by atoms with Gasteiger partial charge in [0, 0.05) is 5.92 Å².